The Hall–Kier alpha value is -2.65. The maximum Gasteiger partial charge on any atom is 0.225 e. The van der Waals surface area contributed by atoms with E-state index in [2.05, 4.69) is 42.6 Å². The second-order valence-electron chi connectivity index (χ2n) is 6.70. The van der Waals surface area contributed by atoms with Crippen molar-refractivity contribution in [1.82, 2.24) is 19.9 Å². The lowest BCUT2D eigenvalue weighted by atomic mass is 10.1. The van der Waals surface area contributed by atoms with Crippen LogP contribution in [0.25, 0.3) is 11.0 Å². The van der Waals surface area contributed by atoms with E-state index in [9.17, 15) is 0 Å². The van der Waals surface area contributed by atoms with E-state index in [1.807, 2.05) is 30.0 Å². The van der Waals surface area contributed by atoms with Gasteiger partial charge in [0.05, 0.1) is 6.61 Å². The van der Waals surface area contributed by atoms with Crippen LogP contribution in [0.2, 0.25) is 0 Å². The van der Waals surface area contributed by atoms with Crippen molar-refractivity contribution in [3.8, 4) is 0 Å². The van der Waals surface area contributed by atoms with Gasteiger partial charge in [0, 0.05) is 37.7 Å². The minimum absolute atomic E-state index is 0.0184. The van der Waals surface area contributed by atoms with Gasteiger partial charge >= 0.3 is 0 Å². The first kappa shape index (κ1) is 19.7. The van der Waals surface area contributed by atoms with E-state index in [1.165, 1.54) is 5.56 Å². The van der Waals surface area contributed by atoms with Crippen LogP contribution in [0, 0.1) is 0 Å². The van der Waals surface area contributed by atoms with Crippen molar-refractivity contribution in [2.75, 3.05) is 59.8 Å². The van der Waals surface area contributed by atoms with Crippen molar-refractivity contribution in [2.24, 2.45) is 0 Å². The lowest BCUT2D eigenvalue weighted by molar-refractivity contribution is 0.311. The third kappa shape index (κ3) is 4.86. The highest BCUT2D eigenvalue weighted by Gasteiger charge is 2.20. The Labute approximate surface area is 174 Å². The number of nitrogens with one attached hydrogen (secondary N) is 2. The number of fused-ring (bicyclic) bond motifs is 1. The van der Waals surface area contributed by atoms with Gasteiger partial charge in [0.25, 0.3) is 0 Å². The molecule has 0 atom stereocenters. The SMILES string of the molecule is OCCNc1nc(N2CCSCC2)c2ncnc(NCCc3ccccc3)c2n1. The second-order valence-corrected chi connectivity index (χ2v) is 7.93. The summed E-state index contributed by atoms with van der Waals surface area (Å²) < 4.78 is 0. The first-order valence-corrected chi connectivity index (χ1v) is 11.0. The van der Waals surface area contributed by atoms with Gasteiger partial charge in [-0.3, -0.25) is 0 Å². The number of hydrogen-bond acceptors (Lipinski definition) is 9. The van der Waals surface area contributed by atoms with Crippen LogP contribution in [-0.2, 0) is 6.42 Å². The monoisotopic (exact) mass is 411 g/mol. The van der Waals surface area contributed by atoms with Crippen molar-refractivity contribution in [3.63, 3.8) is 0 Å². The van der Waals surface area contributed by atoms with Crippen LogP contribution >= 0.6 is 11.8 Å². The first-order valence-electron chi connectivity index (χ1n) is 9.83. The molecule has 0 aliphatic carbocycles. The fourth-order valence-electron chi connectivity index (χ4n) is 3.27. The van der Waals surface area contributed by atoms with Crippen molar-refractivity contribution >= 4 is 40.4 Å². The van der Waals surface area contributed by atoms with Crippen molar-refractivity contribution < 1.29 is 5.11 Å². The predicted octanol–water partition coefficient (Wildman–Crippen LogP) is 2.03. The quantitative estimate of drug-likeness (QED) is 0.514. The Morgan fingerprint density at radius 3 is 2.59 bits per heavy atom. The maximum absolute atomic E-state index is 9.17. The number of thioether (sulfide) groups is 1. The molecule has 0 unspecified atom stereocenters. The molecular formula is C20H25N7OS. The van der Waals surface area contributed by atoms with Crippen molar-refractivity contribution in [3.05, 3.63) is 42.2 Å². The fourth-order valence-corrected chi connectivity index (χ4v) is 4.18. The zero-order valence-corrected chi connectivity index (χ0v) is 17.0. The number of aliphatic hydroxyl groups excluding tert-OH is 1. The minimum atomic E-state index is 0.0184. The highest BCUT2D eigenvalue weighted by atomic mass is 32.2. The molecule has 1 aliphatic heterocycles. The van der Waals surface area contributed by atoms with E-state index in [4.69, 9.17) is 10.1 Å². The smallest absolute Gasteiger partial charge is 0.225 e. The zero-order valence-electron chi connectivity index (χ0n) is 16.2. The molecule has 9 heteroatoms. The van der Waals surface area contributed by atoms with Crippen LogP contribution in [0.4, 0.5) is 17.6 Å². The van der Waals surface area contributed by atoms with Gasteiger partial charge in [-0.05, 0) is 12.0 Å². The summed E-state index contributed by atoms with van der Waals surface area (Å²) in [5, 5.41) is 15.7. The Kier molecular flexibility index (Phi) is 6.58. The van der Waals surface area contributed by atoms with E-state index in [0.29, 0.717) is 23.8 Å². The molecule has 3 aromatic rings. The Morgan fingerprint density at radius 2 is 1.79 bits per heavy atom. The van der Waals surface area contributed by atoms with E-state index < -0.39 is 0 Å². The van der Waals surface area contributed by atoms with Gasteiger partial charge in [-0.25, -0.2) is 15.0 Å². The van der Waals surface area contributed by atoms with Crippen LogP contribution in [0.3, 0.4) is 0 Å². The average Bonchev–Trinajstić information content (AvgIpc) is 2.78. The van der Waals surface area contributed by atoms with Gasteiger partial charge in [0.1, 0.15) is 17.4 Å². The summed E-state index contributed by atoms with van der Waals surface area (Å²) >= 11 is 1.95. The van der Waals surface area contributed by atoms with Crippen molar-refractivity contribution in [1.29, 1.82) is 0 Å². The van der Waals surface area contributed by atoms with E-state index in [-0.39, 0.29) is 6.61 Å². The number of nitrogens with zero attached hydrogens (tertiary/aromatic N) is 5. The Morgan fingerprint density at radius 1 is 0.966 bits per heavy atom. The fraction of sp³-hybridized carbons (Fsp3) is 0.400. The van der Waals surface area contributed by atoms with E-state index >= 15 is 0 Å². The summed E-state index contributed by atoms with van der Waals surface area (Å²) in [6.45, 7) is 3.01. The molecule has 152 valence electrons. The Balaban J connectivity index is 1.63. The van der Waals surface area contributed by atoms with Crippen LogP contribution < -0.4 is 15.5 Å². The second kappa shape index (κ2) is 9.71. The lowest BCUT2D eigenvalue weighted by Gasteiger charge is -2.28. The molecular weight excluding hydrogens is 386 g/mol. The van der Waals surface area contributed by atoms with Gasteiger partial charge in [0.15, 0.2) is 11.6 Å². The molecule has 0 spiro atoms. The summed E-state index contributed by atoms with van der Waals surface area (Å²) in [5.74, 6) is 4.15. The summed E-state index contributed by atoms with van der Waals surface area (Å²) in [6.07, 6.45) is 2.46. The zero-order chi connectivity index (χ0) is 19.9. The topological polar surface area (TPSA) is 99.1 Å². The van der Waals surface area contributed by atoms with Gasteiger partial charge in [-0.2, -0.15) is 16.7 Å². The van der Waals surface area contributed by atoms with Crippen LogP contribution in [-0.4, -0.2) is 69.3 Å². The maximum atomic E-state index is 9.17. The number of aliphatic hydroxyl groups is 1. The third-order valence-corrected chi connectivity index (χ3v) is 5.66. The molecule has 8 nitrogen and oxygen atoms in total. The van der Waals surface area contributed by atoms with Gasteiger partial charge in [0.2, 0.25) is 5.95 Å². The molecule has 1 saturated heterocycles. The summed E-state index contributed by atoms with van der Waals surface area (Å²) in [7, 11) is 0. The molecule has 4 rings (SSSR count). The molecule has 1 aliphatic rings. The summed E-state index contributed by atoms with van der Waals surface area (Å²) in [5.41, 5.74) is 2.72. The molecule has 0 bridgehead atoms. The number of rotatable bonds is 8. The van der Waals surface area contributed by atoms with Gasteiger partial charge in [-0.15, -0.1) is 0 Å². The summed E-state index contributed by atoms with van der Waals surface area (Å²) in [4.78, 5) is 20.5. The minimum Gasteiger partial charge on any atom is -0.395 e. The van der Waals surface area contributed by atoms with Crippen LogP contribution in [0.1, 0.15) is 5.56 Å². The molecule has 0 radical (unpaired) electrons. The van der Waals surface area contributed by atoms with Crippen LogP contribution in [0.5, 0.6) is 0 Å². The molecule has 0 amide bonds. The molecule has 0 saturated carbocycles. The largest absolute Gasteiger partial charge is 0.395 e. The number of hydrogen-bond donors (Lipinski definition) is 3. The van der Waals surface area contributed by atoms with Gasteiger partial charge < -0.3 is 20.6 Å². The number of anilines is 3. The lowest BCUT2D eigenvalue weighted by Crippen LogP contribution is -2.33. The highest BCUT2D eigenvalue weighted by molar-refractivity contribution is 7.99. The molecule has 2 aromatic heterocycles. The van der Waals surface area contributed by atoms with Crippen molar-refractivity contribution in [2.45, 2.75) is 6.42 Å². The average molecular weight is 412 g/mol. The molecule has 3 N–H and O–H groups in total. The first-order chi connectivity index (χ1) is 14.3. The highest BCUT2D eigenvalue weighted by Crippen LogP contribution is 2.28. The predicted molar refractivity (Wildman–Crippen MR) is 119 cm³/mol. The summed E-state index contributed by atoms with van der Waals surface area (Å²) in [6, 6.07) is 10.3. The number of aromatic nitrogens is 4. The molecule has 29 heavy (non-hydrogen) atoms. The standard InChI is InChI=1S/C20H25N7OS/c28-11-8-22-20-25-16-17(19(26-20)27-9-12-29-13-10-27)23-14-24-18(16)21-7-6-15-4-2-1-3-5-15/h1-5,14,28H,6-13H2,(H,21,23,24)(H,22,25,26). The normalized spacial score (nSPS) is 14.2. The van der Waals surface area contributed by atoms with Crippen LogP contribution in [0.15, 0.2) is 36.7 Å². The Bertz CT molecular complexity index is 935. The van der Waals surface area contributed by atoms with Gasteiger partial charge in [-0.1, -0.05) is 30.3 Å². The molecule has 3 heterocycles. The third-order valence-electron chi connectivity index (χ3n) is 4.72. The molecule has 1 fully saturated rings. The number of benzene rings is 1. The molecule has 1 aromatic carbocycles. The van der Waals surface area contributed by atoms with E-state index in [0.717, 1.165) is 48.9 Å². The van der Waals surface area contributed by atoms with E-state index in [1.54, 1.807) is 6.33 Å².